The smallest absolute Gasteiger partial charge is 0.191 e. The van der Waals surface area contributed by atoms with E-state index in [2.05, 4.69) is 46.8 Å². The van der Waals surface area contributed by atoms with Crippen LogP contribution in [0, 0.1) is 6.92 Å². The van der Waals surface area contributed by atoms with Gasteiger partial charge in [0.2, 0.25) is 0 Å². The Hall–Kier alpha value is -0.470. The highest BCUT2D eigenvalue weighted by Crippen LogP contribution is 2.17. The van der Waals surface area contributed by atoms with Crippen molar-refractivity contribution in [1.82, 2.24) is 10.6 Å². The summed E-state index contributed by atoms with van der Waals surface area (Å²) in [5.74, 6) is 1.87. The van der Waals surface area contributed by atoms with Gasteiger partial charge in [0, 0.05) is 44.5 Å². The van der Waals surface area contributed by atoms with Crippen molar-refractivity contribution in [3.8, 4) is 0 Å². The van der Waals surface area contributed by atoms with Crippen LogP contribution in [0.5, 0.6) is 0 Å². The van der Waals surface area contributed by atoms with Crippen LogP contribution in [0.3, 0.4) is 0 Å². The van der Waals surface area contributed by atoms with Gasteiger partial charge in [-0.1, -0.05) is 17.7 Å². The first kappa shape index (κ1) is 20.5. The minimum absolute atomic E-state index is 0. The Morgan fingerprint density at radius 1 is 1.19 bits per heavy atom. The Morgan fingerprint density at radius 3 is 2.48 bits per heavy atom. The highest BCUT2D eigenvalue weighted by Gasteiger charge is 1.97. The average Bonchev–Trinajstić information content (AvgIpc) is 2.47. The van der Waals surface area contributed by atoms with E-state index in [9.17, 15) is 0 Å². The quantitative estimate of drug-likeness (QED) is 0.222. The molecule has 1 aromatic rings. The fourth-order valence-electron chi connectivity index (χ4n) is 1.62. The average molecular weight is 423 g/mol. The highest BCUT2D eigenvalue weighted by atomic mass is 127. The highest BCUT2D eigenvalue weighted by molar-refractivity contribution is 14.0. The van der Waals surface area contributed by atoms with Crippen LogP contribution in [0.2, 0.25) is 0 Å². The molecule has 0 aliphatic heterocycles. The predicted molar refractivity (Wildman–Crippen MR) is 103 cm³/mol. The molecule has 0 amide bonds. The largest absolute Gasteiger partial charge is 0.385 e. The van der Waals surface area contributed by atoms with Gasteiger partial charge in [-0.2, -0.15) is 0 Å². The Morgan fingerprint density at radius 2 is 1.86 bits per heavy atom. The van der Waals surface area contributed by atoms with Crippen molar-refractivity contribution in [2.75, 3.05) is 39.6 Å². The Balaban J connectivity index is 0.00000400. The molecule has 0 bridgehead atoms. The third-order valence-electron chi connectivity index (χ3n) is 2.73. The van der Waals surface area contributed by atoms with E-state index in [0.717, 1.165) is 37.8 Å². The first-order valence-electron chi connectivity index (χ1n) is 6.89. The van der Waals surface area contributed by atoms with Gasteiger partial charge < -0.3 is 15.4 Å². The van der Waals surface area contributed by atoms with Crippen molar-refractivity contribution in [2.24, 2.45) is 4.99 Å². The molecule has 2 N–H and O–H groups in total. The molecule has 0 radical (unpaired) electrons. The van der Waals surface area contributed by atoms with E-state index in [1.807, 2.05) is 11.8 Å². The Bertz CT molecular complexity index is 398. The van der Waals surface area contributed by atoms with Crippen LogP contribution in [-0.4, -0.2) is 45.6 Å². The topological polar surface area (TPSA) is 45.7 Å². The van der Waals surface area contributed by atoms with E-state index in [1.54, 1.807) is 14.2 Å². The maximum absolute atomic E-state index is 5.01. The van der Waals surface area contributed by atoms with Gasteiger partial charge in [0.15, 0.2) is 5.96 Å². The van der Waals surface area contributed by atoms with E-state index in [4.69, 9.17) is 4.74 Å². The van der Waals surface area contributed by atoms with Crippen LogP contribution in [0.4, 0.5) is 0 Å². The third-order valence-corrected chi connectivity index (χ3v) is 3.74. The van der Waals surface area contributed by atoms with Crippen molar-refractivity contribution in [3.05, 3.63) is 29.8 Å². The fraction of sp³-hybridized carbons (Fsp3) is 0.533. The number of thioether (sulfide) groups is 1. The molecule has 1 aromatic carbocycles. The molecule has 0 atom stereocenters. The lowest BCUT2D eigenvalue weighted by atomic mass is 10.2. The molecule has 4 nitrogen and oxygen atoms in total. The SMILES string of the molecule is CN=C(NCCCOC)NCCSc1ccc(C)cc1.I. The lowest BCUT2D eigenvalue weighted by molar-refractivity contribution is 0.195. The lowest BCUT2D eigenvalue weighted by Crippen LogP contribution is -2.39. The number of methoxy groups -OCH3 is 1. The lowest BCUT2D eigenvalue weighted by Gasteiger charge is -2.11. The summed E-state index contributed by atoms with van der Waals surface area (Å²) >= 11 is 1.85. The molecule has 0 heterocycles. The maximum atomic E-state index is 5.01. The van der Waals surface area contributed by atoms with Crippen LogP contribution in [0.25, 0.3) is 0 Å². The van der Waals surface area contributed by atoms with Gasteiger partial charge >= 0.3 is 0 Å². The summed E-state index contributed by atoms with van der Waals surface area (Å²) in [6, 6.07) is 8.62. The van der Waals surface area contributed by atoms with Gasteiger partial charge in [0.25, 0.3) is 0 Å². The van der Waals surface area contributed by atoms with Crippen LogP contribution >= 0.6 is 35.7 Å². The van der Waals surface area contributed by atoms with Crippen LogP contribution in [0.1, 0.15) is 12.0 Å². The van der Waals surface area contributed by atoms with Gasteiger partial charge in [0.05, 0.1) is 0 Å². The predicted octanol–water partition coefficient (Wildman–Crippen LogP) is 2.91. The Labute approximate surface area is 149 Å². The van der Waals surface area contributed by atoms with Gasteiger partial charge in [-0.05, 0) is 25.5 Å². The number of hydrogen-bond acceptors (Lipinski definition) is 3. The van der Waals surface area contributed by atoms with Crippen molar-refractivity contribution in [2.45, 2.75) is 18.2 Å². The fourth-order valence-corrected chi connectivity index (χ4v) is 2.39. The summed E-state index contributed by atoms with van der Waals surface area (Å²) in [6.07, 6.45) is 0.981. The number of aryl methyl sites for hydroxylation is 1. The van der Waals surface area contributed by atoms with Crippen LogP contribution < -0.4 is 10.6 Å². The van der Waals surface area contributed by atoms with Crippen LogP contribution in [0.15, 0.2) is 34.2 Å². The zero-order valence-electron chi connectivity index (χ0n) is 13.0. The summed E-state index contributed by atoms with van der Waals surface area (Å²) in [4.78, 5) is 5.49. The Kier molecular flexibility index (Phi) is 12.9. The molecule has 0 aromatic heterocycles. The molecular weight excluding hydrogens is 397 g/mol. The number of guanidine groups is 1. The molecule has 21 heavy (non-hydrogen) atoms. The minimum Gasteiger partial charge on any atom is -0.385 e. The molecular formula is C15H26IN3OS. The molecule has 0 spiro atoms. The van der Waals surface area contributed by atoms with Crippen molar-refractivity contribution in [1.29, 1.82) is 0 Å². The van der Waals surface area contributed by atoms with E-state index in [1.165, 1.54) is 10.5 Å². The molecule has 0 saturated heterocycles. The molecule has 0 aliphatic carbocycles. The third kappa shape index (κ3) is 9.97. The number of aliphatic imine (C=N–C) groups is 1. The second-order valence-corrected chi connectivity index (χ2v) is 5.60. The van der Waals surface area contributed by atoms with Gasteiger partial charge in [0.1, 0.15) is 0 Å². The molecule has 1 rings (SSSR count). The number of benzene rings is 1. The van der Waals surface area contributed by atoms with Gasteiger partial charge in [-0.3, -0.25) is 4.99 Å². The summed E-state index contributed by atoms with van der Waals surface area (Å²) < 4.78 is 5.01. The van der Waals surface area contributed by atoms with Crippen LogP contribution in [-0.2, 0) is 4.74 Å². The molecule has 120 valence electrons. The molecule has 0 unspecified atom stereocenters. The molecule has 0 fully saturated rings. The standard InChI is InChI=1S/C15H25N3OS.HI/c1-13-5-7-14(8-6-13)20-12-10-18-15(16-2)17-9-4-11-19-3;/h5-8H,4,9-12H2,1-3H3,(H2,16,17,18);1H. The second kappa shape index (κ2) is 13.2. The zero-order valence-corrected chi connectivity index (χ0v) is 16.2. The number of nitrogens with one attached hydrogen (secondary N) is 2. The van der Waals surface area contributed by atoms with Gasteiger partial charge in [-0.25, -0.2) is 0 Å². The van der Waals surface area contributed by atoms with E-state index in [-0.39, 0.29) is 24.0 Å². The summed E-state index contributed by atoms with van der Waals surface area (Å²) in [7, 11) is 3.51. The normalized spacial score (nSPS) is 10.9. The van der Waals surface area contributed by atoms with E-state index < -0.39 is 0 Å². The van der Waals surface area contributed by atoms with Crippen molar-refractivity contribution in [3.63, 3.8) is 0 Å². The number of hydrogen-bond donors (Lipinski definition) is 2. The molecule has 6 heteroatoms. The van der Waals surface area contributed by atoms with E-state index in [0.29, 0.717) is 0 Å². The minimum atomic E-state index is 0. The number of halogens is 1. The van der Waals surface area contributed by atoms with Gasteiger partial charge in [-0.15, -0.1) is 35.7 Å². The first-order chi connectivity index (χ1) is 9.76. The summed E-state index contributed by atoms with van der Waals surface area (Å²) in [5, 5.41) is 6.57. The number of nitrogens with zero attached hydrogens (tertiary/aromatic N) is 1. The zero-order chi connectivity index (χ0) is 14.6. The molecule has 0 saturated carbocycles. The number of ether oxygens (including phenoxy) is 1. The van der Waals surface area contributed by atoms with Crippen molar-refractivity contribution >= 4 is 41.7 Å². The summed E-state index contributed by atoms with van der Waals surface area (Å²) in [5.41, 5.74) is 1.30. The second-order valence-electron chi connectivity index (χ2n) is 4.43. The first-order valence-corrected chi connectivity index (χ1v) is 7.87. The maximum Gasteiger partial charge on any atom is 0.191 e. The monoisotopic (exact) mass is 423 g/mol. The summed E-state index contributed by atoms with van der Waals surface area (Å²) in [6.45, 7) is 4.64. The number of rotatable bonds is 8. The molecule has 0 aliphatic rings. The van der Waals surface area contributed by atoms with E-state index >= 15 is 0 Å². The van der Waals surface area contributed by atoms with Crippen molar-refractivity contribution < 1.29 is 4.74 Å².